The Bertz CT molecular complexity index is 1080. The summed E-state index contributed by atoms with van der Waals surface area (Å²) in [5, 5.41) is 9.75. The summed E-state index contributed by atoms with van der Waals surface area (Å²) in [6, 6.07) is 2.51. The van der Waals surface area contributed by atoms with E-state index in [4.69, 9.17) is 10.5 Å². The van der Waals surface area contributed by atoms with Crippen LogP contribution in [-0.2, 0) is 0 Å². The highest BCUT2D eigenvalue weighted by atomic mass is 19.1. The molecule has 1 saturated carbocycles. The third-order valence-corrected chi connectivity index (χ3v) is 6.87. The summed E-state index contributed by atoms with van der Waals surface area (Å²) in [5.74, 6) is -1.43. The monoisotopic (exact) mass is 401 g/mol. The van der Waals surface area contributed by atoms with E-state index in [0.29, 0.717) is 35.4 Å². The van der Waals surface area contributed by atoms with Gasteiger partial charge in [-0.3, -0.25) is 9.36 Å². The smallest absolute Gasteiger partial charge is 0.341 e. The molecular formula is C21H24FN3O4. The first kappa shape index (κ1) is 18.4. The Morgan fingerprint density at radius 1 is 1.31 bits per heavy atom. The van der Waals surface area contributed by atoms with Gasteiger partial charge in [0, 0.05) is 24.5 Å². The summed E-state index contributed by atoms with van der Waals surface area (Å²) in [6.45, 7) is 3.40. The molecule has 3 N–H and O–H groups in total. The number of nitrogens with two attached hydrogens (primary N) is 1. The van der Waals surface area contributed by atoms with Crippen LogP contribution in [0.25, 0.3) is 10.9 Å². The quantitative estimate of drug-likeness (QED) is 0.803. The molecule has 1 saturated heterocycles. The van der Waals surface area contributed by atoms with Crippen LogP contribution in [0.5, 0.6) is 5.75 Å². The average Bonchev–Trinajstić information content (AvgIpc) is 2.65. The Balaban J connectivity index is 1.63. The lowest BCUT2D eigenvalue weighted by Gasteiger charge is -2.51. The number of hydrogen-bond donors (Lipinski definition) is 2. The van der Waals surface area contributed by atoms with Gasteiger partial charge in [-0.15, -0.1) is 0 Å². The molecular weight excluding hydrogens is 377 g/mol. The molecule has 154 valence electrons. The van der Waals surface area contributed by atoms with Gasteiger partial charge in [-0.05, 0) is 50.2 Å². The van der Waals surface area contributed by atoms with E-state index in [2.05, 4.69) is 0 Å². The Hall–Kier alpha value is -2.61. The van der Waals surface area contributed by atoms with E-state index in [-0.39, 0.29) is 29.7 Å². The molecule has 2 fully saturated rings. The molecule has 1 aliphatic carbocycles. The molecule has 1 spiro atoms. The lowest BCUT2D eigenvalue weighted by Crippen LogP contribution is -2.52. The normalized spacial score (nSPS) is 23.1. The molecule has 0 amide bonds. The van der Waals surface area contributed by atoms with Gasteiger partial charge < -0.3 is 20.5 Å². The number of hydrogen-bond acceptors (Lipinski definition) is 5. The standard InChI is InChI=1S/C21H24FN3O4/c1-11-10-29-18-16-12(6-14(20(27)28)19(26)25(11)16)7-15(22)17(18)24-4-2-21(3-5-24)8-13(23)9-21/h6-7,11,13H,2-5,8-10,23H2,1H3,(H,27,28)/t11-/m0/s1. The fraction of sp³-hybridized carbons (Fsp3) is 0.524. The van der Waals surface area contributed by atoms with Crippen molar-refractivity contribution in [1.29, 1.82) is 0 Å². The second-order valence-electron chi connectivity index (χ2n) is 8.83. The Morgan fingerprint density at radius 2 is 2.00 bits per heavy atom. The summed E-state index contributed by atoms with van der Waals surface area (Å²) in [7, 11) is 0. The van der Waals surface area contributed by atoms with Crippen molar-refractivity contribution in [2.75, 3.05) is 24.6 Å². The fourth-order valence-electron chi connectivity index (χ4n) is 5.38. The second-order valence-corrected chi connectivity index (χ2v) is 8.83. The van der Waals surface area contributed by atoms with Gasteiger partial charge in [0.2, 0.25) is 0 Å². The van der Waals surface area contributed by atoms with E-state index in [0.717, 1.165) is 25.7 Å². The minimum absolute atomic E-state index is 0.189. The average molecular weight is 401 g/mol. The molecule has 1 aromatic carbocycles. The molecule has 1 aromatic heterocycles. The van der Waals surface area contributed by atoms with Gasteiger partial charge in [-0.1, -0.05) is 0 Å². The van der Waals surface area contributed by atoms with Crippen LogP contribution in [0.2, 0.25) is 0 Å². The molecule has 2 aliphatic heterocycles. The number of aromatic nitrogens is 1. The highest BCUT2D eigenvalue weighted by Crippen LogP contribution is 2.50. The summed E-state index contributed by atoms with van der Waals surface area (Å²) in [4.78, 5) is 26.3. The molecule has 0 bridgehead atoms. The molecule has 3 aliphatic rings. The Morgan fingerprint density at radius 3 is 2.62 bits per heavy atom. The number of anilines is 1. The third-order valence-electron chi connectivity index (χ3n) is 6.87. The second kappa shape index (κ2) is 6.19. The van der Waals surface area contributed by atoms with Crippen LogP contribution in [0.15, 0.2) is 16.9 Å². The first-order chi connectivity index (χ1) is 13.8. The molecule has 5 rings (SSSR count). The van der Waals surface area contributed by atoms with Gasteiger partial charge in [-0.25, -0.2) is 9.18 Å². The number of carbonyl (C=O) groups is 1. The molecule has 3 heterocycles. The minimum atomic E-state index is -1.31. The van der Waals surface area contributed by atoms with E-state index in [1.54, 1.807) is 6.92 Å². The minimum Gasteiger partial charge on any atom is -0.487 e. The zero-order valence-electron chi connectivity index (χ0n) is 16.3. The number of piperidine rings is 1. The van der Waals surface area contributed by atoms with Crippen LogP contribution in [-0.4, -0.2) is 41.4 Å². The lowest BCUT2D eigenvalue weighted by molar-refractivity contribution is 0.0693. The van der Waals surface area contributed by atoms with E-state index < -0.39 is 17.3 Å². The van der Waals surface area contributed by atoms with E-state index in [1.807, 2.05) is 4.90 Å². The molecule has 2 aromatic rings. The van der Waals surface area contributed by atoms with E-state index in [9.17, 15) is 14.7 Å². The predicted octanol–water partition coefficient (Wildman–Crippen LogP) is 2.50. The fourth-order valence-corrected chi connectivity index (χ4v) is 5.38. The number of nitrogens with zero attached hydrogens (tertiary/aromatic N) is 2. The van der Waals surface area contributed by atoms with Gasteiger partial charge in [-0.2, -0.15) is 0 Å². The number of carboxylic acid groups (broad SMARTS) is 1. The number of pyridine rings is 1. The van der Waals surface area contributed by atoms with Gasteiger partial charge in [0.25, 0.3) is 5.56 Å². The number of benzene rings is 1. The zero-order valence-corrected chi connectivity index (χ0v) is 16.3. The summed E-state index contributed by atoms with van der Waals surface area (Å²) in [6.07, 6.45) is 3.97. The van der Waals surface area contributed by atoms with Crippen LogP contribution in [0.3, 0.4) is 0 Å². The summed E-state index contributed by atoms with van der Waals surface area (Å²) < 4.78 is 22.6. The summed E-state index contributed by atoms with van der Waals surface area (Å²) in [5.41, 5.74) is 6.17. The number of rotatable bonds is 2. The van der Waals surface area contributed by atoms with Crippen molar-refractivity contribution in [2.24, 2.45) is 11.1 Å². The highest BCUT2D eigenvalue weighted by molar-refractivity contribution is 5.97. The molecule has 1 atom stereocenters. The maximum atomic E-state index is 15.2. The SMILES string of the molecule is C[C@H]1COc2c(N3CCC4(CC3)CC(N)C4)c(F)cc3cc(C(=O)O)c(=O)n1c23. The number of ether oxygens (including phenoxy) is 1. The topological polar surface area (TPSA) is 97.8 Å². The van der Waals surface area contributed by atoms with Gasteiger partial charge in [0.1, 0.15) is 17.9 Å². The van der Waals surface area contributed by atoms with Crippen LogP contribution in [0.1, 0.15) is 49.0 Å². The van der Waals surface area contributed by atoms with Crippen LogP contribution in [0.4, 0.5) is 10.1 Å². The number of carboxylic acids is 1. The highest BCUT2D eigenvalue weighted by Gasteiger charge is 2.45. The first-order valence-corrected chi connectivity index (χ1v) is 10.1. The van der Waals surface area contributed by atoms with E-state index in [1.165, 1.54) is 16.7 Å². The third kappa shape index (κ3) is 2.65. The number of aromatic carboxylic acids is 1. The van der Waals surface area contributed by atoms with Crippen molar-refractivity contribution in [3.63, 3.8) is 0 Å². The van der Waals surface area contributed by atoms with E-state index >= 15 is 4.39 Å². The maximum absolute atomic E-state index is 15.2. The van der Waals surface area contributed by atoms with Crippen molar-refractivity contribution in [3.8, 4) is 5.75 Å². The molecule has 0 unspecified atom stereocenters. The first-order valence-electron chi connectivity index (χ1n) is 10.1. The summed E-state index contributed by atoms with van der Waals surface area (Å²) >= 11 is 0. The van der Waals surface area contributed by atoms with Gasteiger partial charge >= 0.3 is 5.97 Å². The van der Waals surface area contributed by atoms with Gasteiger partial charge in [0.15, 0.2) is 11.6 Å². The van der Waals surface area contributed by atoms with Crippen molar-refractivity contribution >= 4 is 22.6 Å². The molecule has 8 heteroatoms. The molecule has 0 radical (unpaired) electrons. The lowest BCUT2D eigenvalue weighted by atomic mass is 9.60. The molecule has 7 nitrogen and oxygen atoms in total. The zero-order chi connectivity index (χ0) is 20.5. The van der Waals surface area contributed by atoms with Crippen molar-refractivity contribution in [3.05, 3.63) is 33.9 Å². The Labute approximate surface area is 166 Å². The van der Waals surface area contributed by atoms with Crippen molar-refractivity contribution < 1.29 is 19.0 Å². The maximum Gasteiger partial charge on any atom is 0.341 e. The van der Waals surface area contributed by atoms with Crippen LogP contribution in [0, 0.1) is 11.2 Å². The number of halogens is 1. The van der Waals surface area contributed by atoms with Crippen molar-refractivity contribution in [2.45, 2.75) is 44.7 Å². The predicted molar refractivity (Wildman–Crippen MR) is 106 cm³/mol. The van der Waals surface area contributed by atoms with Crippen molar-refractivity contribution in [1.82, 2.24) is 4.57 Å². The van der Waals surface area contributed by atoms with Gasteiger partial charge in [0.05, 0.1) is 11.6 Å². The Kier molecular flexibility index (Phi) is 3.93. The van der Waals surface area contributed by atoms with Crippen LogP contribution < -0.4 is 20.9 Å². The van der Waals surface area contributed by atoms with Crippen LogP contribution >= 0.6 is 0 Å². The largest absolute Gasteiger partial charge is 0.487 e. The molecule has 29 heavy (non-hydrogen) atoms.